The molecule has 2 aliphatic heterocycles. The zero-order valence-corrected chi connectivity index (χ0v) is 10.2. The molecule has 2 heterocycles. The maximum absolute atomic E-state index is 11.9. The van der Waals surface area contributed by atoms with E-state index in [2.05, 4.69) is 10.6 Å². The van der Waals surface area contributed by atoms with Crippen LogP contribution < -0.4 is 10.6 Å². The molecular formula is C11H20N2O4. The van der Waals surface area contributed by atoms with Crippen molar-refractivity contribution in [3.63, 3.8) is 0 Å². The summed E-state index contributed by atoms with van der Waals surface area (Å²) >= 11 is 0. The Kier molecular flexibility index (Phi) is 4.33. The number of amides is 1. The smallest absolute Gasteiger partial charge is 0.239 e. The zero-order chi connectivity index (χ0) is 12.1. The summed E-state index contributed by atoms with van der Waals surface area (Å²) < 4.78 is 16.0. The molecular weight excluding hydrogens is 224 g/mol. The molecule has 2 unspecified atom stereocenters. The van der Waals surface area contributed by atoms with Crippen molar-refractivity contribution in [3.8, 4) is 0 Å². The molecule has 2 saturated heterocycles. The van der Waals surface area contributed by atoms with Crippen LogP contribution in [0.4, 0.5) is 0 Å². The third-order valence-electron chi connectivity index (χ3n) is 3.32. The summed E-state index contributed by atoms with van der Waals surface area (Å²) in [6.07, 6.45) is 0.818. The Bertz CT molecular complexity index is 260. The van der Waals surface area contributed by atoms with Crippen molar-refractivity contribution >= 4 is 5.91 Å². The second-order valence-electron chi connectivity index (χ2n) is 4.49. The largest absolute Gasteiger partial charge is 0.378 e. The Labute approximate surface area is 101 Å². The van der Waals surface area contributed by atoms with Crippen LogP contribution in [0, 0.1) is 0 Å². The Morgan fingerprint density at radius 1 is 1.53 bits per heavy atom. The average Bonchev–Trinajstić information content (AvgIpc) is 2.86. The highest BCUT2D eigenvalue weighted by atomic mass is 16.5. The van der Waals surface area contributed by atoms with Gasteiger partial charge in [0.1, 0.15) is 11.6 Å². The SMILES string of the molecule is COC1(CNC(=O)C2COCCN2)CCOC1. The first-order valence-corrected chi connectivity index (χ1v) is 5.97. The van der Waals surface area contributed by atoms with Crippen molar-refractivity contribution in [2.45, 2.75) is 18.1 Å². The molecule has 2 atom stereocenters. The third kappa shape index (κ3) is 3.16. The molecule has 2 aliphatic rings. The van der Waals surface area contributed by atoms with Crippen LogP contribution in [0.2, 0.25) is 0 Å². The number of rotatable bonds is 4. The molecule has 2 N–H and O–H groups in total. The number of carbonyl (C=O) groups excluding carboxylic acids is 1. The summed E-state index contributed by atoms with van der Waals surface area (Å²) in [5.41, 5.74) is -0.356. The Morgan fingerprint density at radius 2 is 2.41 bits per heavy atom. The van der Waals surface area contributed by atoms with Crippen molar-refractivity contribution in [2.75, 3.05) is 46.6 Å². The fraction of sp³-hybridized carbons (Fsp3) is 0.909. The van der Waals surface area contributed by atoms with Gasteiger partial charge in [0.05, 0.1) is 19.8 Å². The van der Waals surface area contributed by atoms with E-state index in [0.717, 1.165) is 13.0 Å². The van der Waals surface area contributed by atoms with E-state index >= 15 is 0 Å². The fourth-order valence-corrected chi connectivity index (χ4v) is 2.07. The Morgan fingerprint density at radius 3 is 3.00 bits per heavy atom. The predicted molar refractivity (Wildman–Crippen MR) is 60.8 cm³/mol. The lowest BCUT2D eigenvalue weighted by molar-refractivity contribution is -0.127. The molecule has 0 aromatic carbocycles. The summed E-state index contributed by atoms with van der Waals surface area (Å²) in [5.74, 6) is -0.0342. The number of methoxy groups -OCH3 is 1. The number of hydrogen-bond acceptors (Lipinski definition) is 5. The van der Waals surface area contributed by atoms with E-state index < -0.39 is 0 Å². The van der Waals surface area contributed by atoms with Crippen molar-refractivity contribution < 1.29 is 19.0 Å². The van der Waals surface area contributed by atoms with Crippen LogP contribution >= 0.6 is 0 Å². The van der Waals surface area contributed by atoms with Crippen molar-refractivity contribution in [3.05, 3.63) is 0 Å². The van der Waals surface area contributed by atoms with Gasteiger partial charge in [-0.3, -0.25) is 4.79 Å². The minimum Gasteiger partial charge on any atom is -0.378 e. The highest BCUT2D eigenvalue weighted by molar-refractivity contribution is 5.82. The Balaban J connectivity index is 1.78. The number of morpholine rings is 1. The lowest BCUT2D eigenvalue weighted by Crippen LogP contribution is -2.54. The maximum Gasteiger partial charge on any atom is 0.239 e. The van der Waals surface area contributed by atoms with Crippen LogP contribution in [0.1, 0.15) is 6.42 Å². The summed E-state index contributed by atoms with van der Waals surface area (Å²) in [6.45, 7) is 3.53. The number of ether oxygens (including phenoxy) is 3. The van der Waals surface area contributed by atoms with E-state index in [4.69, 9.17) is 14.2 Å². The van der Waals surface area contributed by atoms with Gasteiger partial charge in [-0.25, -0.2) is 0 Å². The summed E-state index contributed by atoms with van der Waals surface area (Å²) in [7, 11) is 1.66. The molecule has 0 bridgehead atoms. The summed E-state index contributed by atoms with van der Waals surface area (Å²) in [4.78, 5) is 11.9. The highest BCUT2D eigenvalue weighted by Gasteiger charge is 2.36. The van der Waals surface area contributed by atoms with Crippen molar-refractivity contribution in [2.24, 2.45) is 0 Å². The zero-order valence-electron chi connectivity index (χ0n) is 10.2. The highest BCUT2D eigenvalue weighted by Crippen LogP contribution is 2.21. The van der Waals surface area contributed by atoms with Gasteiger partial charge in [0.2, 0.25) is 5.91 Å². The van der Waals surface area contributed by atoms with E-state index in [1.54, 1.807) is 7.11 Å². The first kappa shape index (κ1) is 12.8. The number of carbonyl (C=O) groups is 1. The molecule has 0 aromatic heterocycles. The van der Waals surface area contributed by atoms with E-state index in [-0.39, 0.29) is 17.6 Å². The number of hydrogen-bond donors (Lipinski definition) is 2. The maximum atomic E-state index is 11.9. The molecule has 1 amide bonds. The number of nitrogens with one attached hydrogen (secondary N) is 2. The molecule has 2 rings (SSSR count). The molecule has 0 aliphatic carbocycles. The molecule has 0 radical (unpaired) electrons. The molecule has 0 saturated carbocycles. The standard InChI is InChI=1S/C11H20N2O4/c1-15-11(2-4-17-8-11)7-13-10(14)9-6-16-5-3-12-9/h9,12H,2-8H2,1H3,(H,13,14). The minimum absolute atomic E-state index is 0.0342. The fourth-order valence-electron chi connectivity index (χ4n) is 2.07. The second kappa shape index (κ2) is 5.77. The van der Waals surface area contributed by atoms with Gasteiger partial charge in [0, 0.05) is 33.2 Å². The topological polar surface area (TPSA) is 68.8 Å². The van der Waals surface area contributed by atoms with Crippen LogP contribution in [0.3, 0.4) is 0 Å². The van der Waals surface area contributed by atoms with Crippen LogP contribution in [0.5, 0.6) is 0 Å². The monoisotopic (exact) mass is 244 g/mol. The molecule has 98 valence electrons. The van der Waals surface area contributed by atoms with Gasteiger partial charge in [-0.1, -0.05) is 0 Å². The summed E-state index contributed by atoms with van der Waals surface area (Å²) in [6, 6.07) is -0.250. The van der Waals surface area contributed by atoms with Gasteiger partial charge < -0.3 is 24.8 Å². The van der Waals surface area contributed by atoms with E-state index in [0.29, 0.717) is 33.0 Å². The first-order chi connectivity index (χ1) is 8.26. The van der Waals surface area contributed by atoms with Gasteiger partial charge in [-0.05, 0) is 0 Å². The molecule has 0 aromatic rings. The van der Waals surface area contributed by atoms with Crippen molar-refractivity contribution in [1.82, 2.24) is 10.6 Å². The molecule has 17 heavy (non-hydrogen) atoms. The lowest BCUT2D eigenvalue weighted by atomic mass is 10.0. The minimum atomic E-state index is -0.356. The van der Waals surface area contributed by atoms with E-state index in [1.165, 1.54) is 0 Å². The van der Waals surface area contributed by atoms with Crippen LogP contribution in [0.25, 0.3) is 0 Å². The van der Waals surface area contributed by atoms with Gasteiger partial charge in [0.15, 0.2) is 0 Å². The van der Waals surface area contributed by atoms with Gasteiger partial charge in [-0.2, -0.15) is 0 Å². The van der Waals surface area contributed by atoms with E-state index in [1.807, 2.05) is 0 Å². The van der Waals surface area contributed by atoms with Crippen LogP contribution in [-0.4, -0.2) is 64.2 Å². The van der Waals surface area contributed by atoms with Crippen LogP contribution in [-0.2, 0) is 19.0 Å². The lowest BCUT2D eigenvalue weighted by Gasteiger charge is -2.28. The third-order valence-corrected chi connectivity index (χ3v) is 3.32. The van der Waals surface area contributed by atoms with Crippen molar-refractivity contribution in [1.29, 1.82) is 0 Å². The molecule has 0 spiro atoms. The predicted octanol–water partition coefficient (Wildman–Crippen LogP) is -1.10. The van der Waals surface area contributed by atoms with Gasteiger partial charge >= 0.3 is 0 Å². The normalized spacial score (nSPS) is 33.6. The van der Waals surface area contributed by atoms with Gasteiger partial charge in [-0.15, -0.1) is 0 Å². The second-order valence-corrected chi connectivity index (χ2v) is 4.49. The first-order valence-electron chi connectivity index (χ1n) is 5.97. The average molecular weight is 244 g/mol. The Hall–Kier alpha value is -0.690. The quantitative estimate of drug-likeness (QED) is 0.657. The molecule has 2 fully saturated rings. The van der Waals surface area contributed by atoms with E-state index in [9.17, 15) is 4.79 Å². The van der Waals surface area contributed by atoms with Gasteiger partial charge in [0.25, 0.3) is 0 Å². The summed E-state index contributed by atoms with van der Waals surface area (Å²) in [5, 5.41) is 6.02. The molecule has 6 nitrogen and oxygen atoms in total. The van der Waals surface area contributed by atoms with Crippen LogP contribution in [0.15, 0.2) is 0 Å². The molecule has 6 heteroatoms.